The van der Waals surface area contributed by atoms with Crippen molar-refractivity contribution >= 4 is 5.91 Å². The fraction of sp³-hybridized carbons (Fsp3) is 0.417. The quantitative estimate of drug-likeness (QED) is 0.540. The average molecular weight is 436 g/mol. The number of pyridine rings is 1. The van der Waals surface area contributed by atoms with E-state index in [1.165, 1.54) is 11.6 Å². The van der Waals surface area contributed by atoms with Crippen molar-refractivity contribution in [3.05, 3.63) is 70.5 Å². The maximum Gasteiger partial charge on any atom is 0.250 e. The maximum atomic E-state index is 12.5. The van der Waals surface area contributed by atoms with Gasteiger partial charge >= 0.3 is 0 Å². The zero-order chi connectivity index (χ0) is 22.3. The number of aryl methyl sites for hydroxylation is 3. The standard InChI is InChI=1S/C24H29N5O3/c1-19-7-9-20(10-8-19)24-25-21(32-26-24)5-4-12-27-15-17-29(18-16-27)23(31)11-14-28-13-3-2-6-22(28)30/h2-3,6-10,13H,4-5,11-12,14-18H2,1H3. The van der Waals surface area contributed by atoms with Crippen LogP contribution in [0.25, 0.3) is 11.4 Å². The van der Waals surface area contributed by atoms with Gasteiger partial charge in [0.05, 0.1) is 0 Å². The van der Waals surface area contributed by atoms with Gasteiger partial charge in [0.15, 0.2) is 0 Å². The summed E-state index contributed by atoms with van der Waals surface area (Å²) in [7, 11) is 0. The predicted octanol–water partition coefficient (Wildman–Crippen LogP) is 2.37. The van der Waals surface area contributed by atoms with Crippen molar-refractivity contribution in [1.82, 2.24) is 24.5 Å². The van der Waals surface area contributed by atoms with Crippen LogP contribution in [0.2, 0.25) is 0 Å². The molecule has 0 N–H and O–H groups in total. The zero-order valence-corrected chi connectivity index (χ0v) is 18.4. The monoisotopic (exact) mass is 435 g/mol. The summed E-state index contributed by atoms with van der Waals surface area (Å²) in [5, 5.41) is 4.09. The molecule has 0 aliphatic carbocycles. The number of benzene rings is 1. The van der Waals surface area contributed by atoms with E-state index in [2.05, 4.69) is 15.0 Å². The van der Waals surface area contributed by atoms with Crippen LogP contribution < -0.4 is 5.56 Å². The van der Waals surface area contributed by atoms with E-state index in [0.717, 1.165) is 51.1 Å². The Morgan fingerprint density at radius 1 is 1.03 bits per heavy atom. The summed E-state index contributed by atoms with van der Waals surface area (Å²) in [5.41, 5.74) is 2.09. The summed E-state index contributed by atoms with van der Waals surface area (Å²) in [6.45, 7) is 6.57. The van der Waals surface area contributed by atoms with Gasteiger partial charge in [-0.1, -0.05) is 41.1 Å². The lowest BCUT2D eigenvalue weighted by Crippen LogP contribution is -2.49. The molecule has 0 unspecified atom stereocenters. The van der Waals surface area contributed by atoms with E-state index in [1.54, 1.807) is 16.8 Å². The minimum absolute atomic E-state index is 0.0719. The number of carbonyl (C=O) groups is 1. The van der Waals surface area contributed by atoms with Gasteiger partial charge in [0.25, 0.3) is 5.56 Å². The number of carbonyl (C=O) groups excluding carboxylic acids is 1. The highest BCUT2D eigenvalue weighted by molar-refractivity contribution is 5.76. The van der Waals surface area contributed by atoms with Gasteiger partial charge in [-0.3, -0.25) is 14.5 Å². The summed E-state index contributed by atoms with van der Waals surface area (Å²) >= 11 is 0. The molecule has 0 radical (unpaired) electrons. The van der Waals surface area contributed by atoms with E-state index in [0.29, 0.717) is 24.7 Å². The molecule has 0 atom stereocenters. The molecule has 3 aromatic rings. The lowest BCUT2D eigenvalue weighted by atomic mass is 10.1. The van der Waals surface area contributed by atoms with Gasteiger partial charge < -0.3 is 14.0 Å². The molecule has 168 valence electrons. The Balaban J connectivity index is 1.16. The first-order valence-electron chi connectivity index (χ1n) is 11.1. The smallest absolute Gasteiger partial charge is 0.250 e. The molecule has 8 heteroatoms. The fourth-order valence-electron chi connectivity index (χ4n) is 3.87. The van der Waals surface area contributed by atoms with Crippen LogP contribution in [0.3, 0.4) is 0 Å². The minimum Gasteiger partial charge on any atom is -0.340 e. The molecule has 3 heterocycles. The second kappa shape index (κ2) is 10.4. The van der Waals surface area contributed by atoms with Crippen LogP contribution in [0, 0.1) is 6.92 Å². The molecular formula is C24H29N5O3. The Morgan fingerprint density at radius 3 is 2.56 bits per heavy atom. The van der Waals surface area contributed by atoms with Crippen LogP contribution in [0.4, 0.5) is 0 Å². The van der Waals surface area contributed by atoms with E-state index in [1.807, 2.05) is 42.2 Å². The lowest BCUT2D eigenvalue weighted by molar-refractivity contribution is -0.133. The topological polar surface area (TPSA) is 84.5 Å². The first-order chi connectivity index (χ1) is 15.6. The SMILES string of the molecule is Cc1ccc(-c2noc(CCCN3CCN(C(=O)CCn4ccccc4=O)CC3)n2)cc1. The van der Waals surface area contributed by atoms with Gasteiger partial charge in [0.1, 0.15) is 0 Å². The predicted molar refractivity (Wildman–Crippen MR) is 121 cm³/mol. The first kappa shape index (κ1) is 22.0. The summed E-state index contributed by atoms with van der Waals surface area (Å²) in [4.78, 5) is 33.0. The minimum atomic E-state index is -0.0719. The number of amides is 1. The molecule has 1 aromatic carbocycles. The maximum absolute atomic E-state index is 12.5. The molecule has 1 aliphatic rings. The van der Waals surface area contributed by atoms with Gasteiger partial charge in [0, 0.05) is 63.4 Å². The second-order valence-corrected chi connectivity index (χ2v) is 8.19. The highest BCUT2D eigenvalue weighted by Gasteiger charge is 2.21. The number of hydrogen-bond acceptors (Lipinski definition) is 6. The van der Waals surface area contributed by atoms with Crippen molar-refractivity contribution < 1.29 is 9.32 Å². The molecule has 2 aromatic heterocycles. The molecule has 0 saturated carbocycles. The molecule has 0 spiro atoms. The van der Waals surface area contributed by atoms with E-state index in [-0.39, 0.29) is 11.5 Å². The molecule has 8 nitrogen and oxygen atoms in total. The average Bonchev–Trinajstić information content (AvgIpc) is 3.28. The van der Waals surface area contributed by atoms with Crippen molar-refractivity contribution in [3.63, 3.8) is 0 Å². The Hall–Kier alpha value is -3.26. The lowest BCUT2D eigenvalue weighted by Gasteiger charge is -2.34. The molecule has 1 fully saturated rings. The first-order valence-corrected chi connectivity index (χ1v) is 11.1. The van der Waals surface area contributed by atoms with E-state index in [9.17, 15) is 9.59 Å². The fourth-order valence-corrected chi connectivity index (χ4v) is 3.87. The van der Waals surface area contributed by atoms with E-state index in [4.69, 9.17) is 4.52 Å². The Bertz CT molecular complexity index is 1080. The van der Waals surface area contributed by atoms with Crippen molar-refractivity contribution in [2.24, 2.45) is 0 Å². The van der Waals surface area contributed by atoms with Crippen molar-refractivity contribution in [1.29, 1.82) is 0 Å². The van der Waals surface area contributed by atoms with Gasteiger partial charge in [-0.2, -0.15) is 4.98 Å². The summed E-state index contributed by atoms with van der Waals surface area (Å²) in [6, 6.07) is 13.1. The van der Waals surface area contributed by atoms with Crippen LogP contribution in [0.1, 0.15) is 24.3 Å². The number of piperazine rings is 1. The Kier molecular flexibility index (Phi) is 7.11. The van der Waals surface area contributed by atoms with Crippen LogP contribution in [-0.4, -0.2) is 63.1 Å². The number of rotatable bonds is 8. The number of aromatic nitrogens is 3. The van der Waals surface area contributed by atoms with Crippen molar-refractivity contribution in [3.8, 4) is 11.4 Å². The molecule has 32 heavy (non-hydrogen) atoms. The molecule has 4 rings (SSSR count). The molecule has 1 amide bonds. The van der Waals surface area contributed by atoms with Crippen LogP contribution >= 0.6 is 0 Å². The molecule has 1 aliphatic heterocycles. The summed E-state index contributed by atoms with van der Waals surface area (Å²) in [5.74, 6) is 1.39. The molecular weight excluding hydrogens is 406 g/mol. The van der Waals surface area contributed by atoms with Gasteiger partial charge in [-0.15, -0.1) is 0 Å². The van der Waals surface area contributed by atoms with Crippen LogP contribution in [0.15, 0.2) is 58.0 Å². The highest BCUT2D eigenvalue weighted by Crippen LogP contribution is 2.17. The largest absolute Gasteiger partial charge is 0.340 e. The summed E-state index contributed by atoms with van der Waals surface area (Å²) < 4.78 is 6.98. The molecule has 0 bridgehead atoms. The Morgan fingerprint density at radius 2 is 1.81 bits per heavy atom. The third-order valence-corrected chi connectivity index (χ3v) is 5.83. The van der Waals surface area contributed by atoms with Crippen molar-refractivity contribution in [2.75, 3.05) is 32.7 Å². The molecule has 1 saturated heterocycles. The third kappa shape index (κ3) is 5.70. The summed E-state index contributed by atoms with van der Waals surface area (Å²) in [6.07, 6.45) is 3.75. The van der Waals surface area contributed by atoms with Gasteiger partial charge in [-0.25, -0.2) is 0 Å². The zero-order valence-electron chi connectivity index (χ0n) is 18.4. The van der Waals surface area contributed by atoms with Crippen LogP contribution in [0.5, 0.6) is 0 Å². The van der Waals surface area contributed by atoms with Crippen molar-refractivity contribution in [2.45, 2.75) is 32.7 Å². The Labute approximate surface area is 187 Å². The van der Waals surface area contributed by atoms with Gasteiger partial charge in [0.2, 0.25) is 17.6 Å². The number of hydrogen-bond donors (Lipinski definition) is 0. The third-order valence-electron chi connectivity index (χ3n) is 5.83. The highest BCUT2D eigenvalue weighted by atomic mass is 16.5. The number of nitrogens with zero attached hydrogens (tertiary/aromatic N) is 5. The van der Waals surface area contributed by atoms with Gasteiger partial charge in [-0.05, 0) is 26.0 Å². The normalized spacial score (nSPS) is 14.6. The second-order valence-electron chi connectivity index (χ2n) is 8.19. The van der Waals surface area contributed by atoms with E-state index < -0.39 is 0 Å². The van der Waals surface area contributed by atoms with E-state index >= 15 is 0 Å². The van der Waals surface area contributed by atoms with Crippen LogP contribution in [-0.2, 0) is 17.8 Å².